The molecule has 1 aliphatic heterocycles. The Hall–Kier alpha value is -5.06. The number of anilines is 2. The van der Waals surface area contributed by atoms with E-state index in [1.54, 1.807) is 61.2 Å². The molecule has 1 aromatic heterocycles. The third-order valence-corrected chi connectivity index (χ3v) is 6.50. The summed E-state index contributed by atoms with van der Waals surface area (Å²) in [5, 5.41) is 10.5. The highest BCUT2D eigenvalue weighted by molar-refractivity contribution is 6.06. The van der Waals surface area contributed by atoms with E-state index in [1.807, 2.05) is 6.07 Å². The number of ether oxygens (including phenoxy) is 4. The highest BCUT2D eigenvalue weighted by Gasteiger charge is 2.34. The summed E-state index contributed by atoms with van der Waals surface area (Å²) in [6, 6.07) is 16.0. The molecule has 10 nitrogen and oxygen atoms in total. The molecular weight excluding hydrogens is 517 g/mol. The molecule has 0 bridgehead atoms. The largest absolute Gasteiger partial charge is 0.497 e. The second-order valence-corrected chi connectivity index (χ2v) is 8.94. The smallest absolute Gasteiger partial charge is 0.255 e. The summed E-state index contributed by atoms with van der Waals surface area (Å²) < 4.78 is 37.3. The second kappa shape index (κ2) is 11.4. The van der Waals surface area contributed by atoms with Crippen molar-refractivity contribution in [1.29, 1.82) is 0 Å². The average Bonchev–Trinajstić information content (AvgIpc) is 3.44. The molecule has 0 spiro atoms. The zero-order chi connectivity index (χ0) is 28.2. The molecule has 0 aliphatic carbocycles. The Morgan fingerprint density at radius 3 is 2.45 bits per heavy atom. The number of benzene rings is 3. The number of amides is 1. The third kappa shape index (κ3) is 5.26. The zero-order valence-corrected chi connectivity index (χ0v) is 22.4. The summed E-state index contributed by atoms with van der Waals surface area (Å²) in [5.41, 5.74) is 3.02. The van der Waals surface area contributed by atoms with Crippen molar-refractivity contribution in [2.75, 3.05) is 32.0 Å². The van der Waals surface area contributed by atoms with Gasteiger partial charge in [-0.3, -0.25) is 4.79 Å². The molecule has 11 heteroatoms. The van der Waals surface area contributed by atoms with Crippen LogP contribution in [0.5, 0.6) is 23.0 Å². The van der Waals surface area contributed by atoms with Gasteiger partial charge in [-0.2, -0.15) is 10.1 Å². The van der Waals surface area contributed by atoms with Gasteiger partial charge < -0.3 is 29.6 Å². The maximum Gasteiger partial charge on any atom is 0.255 e. The van der Waals surface area contributed by atoms with Crippen molar-refractivity contribution in [2.24, 2.45) is 0 Å². The van der Waals surface area contributed by atoms with Crippen LogP contribution in [0.25, 0.3) is 0 Å². The lowest BCUT2D eigenvalue weighted by atomic mass is 9.94. The maximum atomic E-state index is 13.8. The van der Waals surface area contributed by atoms with E-state index < -0.39 is 6.04 Å². The van der Waals surface area contributed by atoms with Gasteiger partial charge in [0.25, 0.3) is 5.91 Å². The molecule has 1 atom stereocenters. The normalized spacial score (nSPS) is 14.2. The van der Waals surface area contributed by atoms with Crippen LogP contribution >= 0.6 is 0 Å². The van der Waals surface area contributed by atoms with Crippen molar-refractivity contribution in [3.05, 3.63) is 95.2 Å². The lowest BCUT2D eigenvalue weighted by Gasteiger charge is -2.29. The van der Waals surface area contributed by atoms with Gasteiger partial charge in [0.05, 0.1) is 32.6 Å². The van der Waals surface area contributed by atoms with E-state index in [-0.39, 0.29) is 18.3 Å². The van der Waals surface area contributed by atoms with E-state index in [0.29, 0.717) is 45.9 Å². The van der Waals surface area contributed by atoms with Crippen LogP contribution in [-0.4, -0.2) is 42.0 Å². The van der Waals surface area contributed by atoms with Crippen LogP contribution in [0.3, 0.4) is 0 Å². The van der Waals surface area contributed by atoms with Crippen LogP contribution in [0.2, 0.25) is 0 Å². The number of methoxy groups -OCH3 is 3. The van der Waals surface area contributed by atoms with Gasteiger partial charge in [0.1, 0.15) is 36.3 Å². The quantitative estimate of drug-likeness (QED) is 0.304. The maximum absolute atomic E-state index is 13.8. The second-order valence-electron chi connectivity index (χ2n) is 8.94. The molecule has 0 unspecified atom stereocenters. The van der Waals surface area contributed by atoms with Crippen LogP contribution in [0.4, 0.5) is 16.0 Å². The first kappa shape index (κ1) is 26.5. The number of fused-ring (bicyclic) bond motifs is 1. The van der Waals surface area contributed by atoms with Crippen molar-refractivity contribution in [2.45, 2.75) is 19.6 Å². The predicted octanol–water partition coefficient (Wildman–Crippen LogP) is 4.95. The van der Waals surface area contributed by atoms with Crippen molar-refractivity contribution in [3.8, 4) is 23.0 Å². The van der Waals surface area contributed by atoms with Crippen LogP contribution in [-0.2, 0) is 11.4 Å². The summed E-state index contributed by atoms with van der Waals surface area (Å²) >= 11 is 0. The SMILES string of the molecule is COc1ccc(OC)c(NC(=O)C2=C(C)Nc3ncnn3[C@H]2c2ccc(OCc3ccc(F)cc3)c(OC)c2)c1. The number of carbonyl (C=O) groups is 1. The van der Waals surface area contributed by atoms with E-state index in [1.165, 1.54) is 32.7 Å². The lowest BCUT2D eigenvalue weighted by Crippen LogP contribution is -2.31. The molecular formula is C29H28FN5O5. The van der Waals surface area contributed by atoms with Gasteiger partial charge in [-0.15, -0.1) is 0 Å². The first-order valence-electron chi connectivity index (χ1n) is 12.4. The van der Waals surface area contributed by atoms with Gasteiger partial charge in [0, 0.05) is 11.8 Å². The van der Waals surface area contributed by atoms with Crippen molar-refractivity contribution >= 4 is 17.5 Å². The molecule has 2 N–H and O–H groups in total. The Labute approximate surface area is 230 Å². The number of allylic oxidation sites excluding steroid dienone is 1. The molecule has 40 heavy (non-hydrogen) atoms. The number of hydrogen-bond donors (Lipinski definition) is 2. The number of nitrogens with zero attached hydrogens (tertiary/aromatic N) is 3. The number of rotatable bonds is 9. The monoisotopic (exact) mass is 545 g/mol. The molecule has 0 fully saturated rings. The standard InChI is InChI=1S/C29H28FN5O5/c1-17-26(28(36)34-22-14-21(37-2)10-12-23(22)38-3)27(35-29(33-17)31-16-32-35)19-7-11-24(25(13-19)39-4)40-15-18-5-8-20(30)9-6-18/h5-14,16,27H,15H2,1-4H3,(H,34,36)(H,31,32,33)/t27-/m0/s1. The molecule has 5 rings (SSSR count). The minimum atomic E-state index is -0.629. The molecule has 2 heterocycles. The molecule has 4 aromatic rings. The van der Waals surface area contributed by atoms with Gasteiger partial charge in [-0.05, 0) is 54.4 Å². The fourth-order valence-corrected chi connectivity index (χ4v) is 4.51. The lowest BCUT2D eigenvalue weighted by molar-refractivity contribution is -0.113. The van der Waals surface area contributed by atoms with E-state index in [4.69, 9.17) is 18.9 Å². The van der Waals surface area contributed by atoms with Crippen LogP contribution < -0.4 is 29.6 Å². The van der Waals surface area contributed by atoms with Gasteiger partial charge in [-0.25, -0.2) is 9.07 Å². The summed E-state index contributed by atoms with van der Waals surface area (Å²) in [7, 11) is 4.62. The molecule has 0 radical (unpaired) electrons. The van der Waals surface area contributed by atoms with E-state index in [0.717, 1.165) is 11.1 Å². The zero-order valence-electron chi connectivity index (χ0n) is 22.4. The minimum Gasteiger partial charge on any atom is -0.497 e. The van der Waals surface area contributed by atoms with Crippen molar-refractivity contribution in [1.82, 2.24) is 14.8 Å². The fraction of sp³-hybridized carbons (Fsp3) is 0.207. The highest BCUT2D eigenvalue weighted by atomic mass is 19.1. The predicted molar refractivity (Wildman–Crippen MR) is 146 cm³/mol. The number of aromatic nitrogens is 3. The van der Waals surface area contributed by atoms with Gasteiger partial charge >= 0.3 is 0 Å². The van der Waals surface area contributed by atoms with E-state index in [9.17, 15) is 9.18 Å². The summed E-state index contributed by atoms with van der Waals surface area (Å²) in [6.07, 6.45) is 1.42. The van der Waals surface area contributed by atoms with Gasteiger partial charge in [-0.1, -0.05) is 18.2 Å². The Balaban J connectivity index is 1.48. The van der Waals surface area contributed by atoms with E-state index in [2.05, 4.69) is 20.7 Å². The number of carbonyl (C=O) groups excluding carboxylic acids is 1. The molecule has 0 saturated carbocycles. The number of halogens is 1. The topological polar surface area (TPSA) is 109 Å². The Bertz CT molecular complexity index is 1570. The summed E-state index contributed by atoms with van der Waals surface area (Å²) in [6.45, 7) is 2.03. The van der Waals surface area contributed by atoms with Crippen LogP contribution in [0, 0.1) is 5.82 Å². The first-order valence-corrected chi connectivity index (χ1v) is 12.4. The fourth-order valence-electron chi connectivity index (χ4n) is 4.51. The molecule has 1 amide bonds. The molecule has 3 aromatic carbocycles. The summed E-state index contributed by atoms with van der Waals surface area (Å²) in [5.74, 6) is 1.83. The minimum absolute atomic E-state index is 0.228. The van der Waals surface area contributed by atoms with Crippen LogP contribution in [0.15, 0.2) is 78.3 Å². The van der Waals surface area contributed by atoms with Crippen molar-refractivity contribution in [3.63, 3.8) is 0 Å². The number of hydrogen-bond acceptors (Lipinski definition) is 8. The van der Waals surface area contributed by atoms with E-state index >= 15 is 0 Å². The summed E-state index contributed by atoms with van der Waals surface area (Å²) in [4.78, 5) is 18.1. The van der Waals surface area contributed by atoms with Crippen LogP contribution in [0.1, 0.15) is 24.1 Å². The first-order chi connectivity index (χ1) is 19.4. The molecule has 1 aliphatic rings. The molecule has 206 valence electrons. The Morgan fingerprint density at radius 1 is 0.975 bits per heavy atom. The van der Waals surface area contributed by atoms with Gasteiger partial charge in [0.15, 0.2) is 11.5 Å². The number of nitrogens with one attached hydrogen (secondary N) is 2. The average molecular weight is 546 g/mol. The Morgan fingerprint density at radius 2 is 1.73 bits per heavy atom. The van der Waals surface area contributed by atoms with Gasteiger partial charge in [0.2, 0.25) is 5.95 Å². The third-order valence-electron chi connectivity index (χ3n) is 6.50. The Kier molecular flexibility index (Phi) is 7.54. The highest BCUT2D eigenvalue weighted by Crippen LogP contribution is 2.39. The molecule has 0 saturated heterocycles. The van der Waals surface area contributed by atoms with Crippen molar-refractivity contribution < 1.29 is 28.1 Å².